The average molecular weight is 405 g/mol. The molecule has 1 aliphatic carbocycles. The van der Waals surface area contributed by atoms with E-state index in [1.807, 2.05) is 6.07 Å². The number of hydrogen-bond acceptors (Lipinski definition) is 5. The molecule has 0 spiro atoms. The lowest BCUT2D eigenvalue weighted by Gasteiger charge is -2.30. The van der Waals surface area contributed by atoms with Crippen LogP contribution in [-0.4, -0.2) is 66.2 Å². The maximum Gasteiger partial charge on any atom is 0.325 e. The van der Waals surface area contributed by atoms with Crippen molar-refractivity contribution in [1.29, 1.82) is 0 Å². The van der Waals surface area contributed by atoms with Gasteiger partial charge in [0, 0.05) is 12.1 Å². The summed E-state index contributed by atoms with van der Waals surface area (Å²) in [6, 6.07) is 7.91. The van der Waals surface area contributed by atoms with Crippen molar-refractivity contribution in [2.45, 2.75) is 43.8 Å². The first kappa shape index (κ1) is 18.9. The fourth-order valence-electron chi connectivity index (χ4n) is 4.08. The Balaban J connectivity index is 1.52. The lowest BCUT2D eigenvalue weighted by atomic mass is 9.92. The number of sulfone groups is 1. The molecule has 0 unspecified atom stereocenters. The molecule has 3 fully saturated rings. The zero-order valence-electron chi connectivity index (χ0n) is 15.6. The van der Waals surface area contributed by atoms with Gasteiger partial charge in [-0.3, -0.25) is 14.5 Å². The molecule has 3 aliphatic rings. The fourth-order valence-corrected chi connectivity index (χ4v) is 5.79. The predicted molar refractivity (Wildman–Crippen MR) is 101 cm³/mol. The summed E-state index contributed by atoms with van der Waals surface area (Å²) in [6.45, 7) is 1.25. The average Bonchev–Trinajstić information content (AvgIpc) is 3.38. The first-order chi connectivity index (χ1) is 13.2. The number of rotatable bonds is 5. The zero-order chi connectivity index (χ0) is 20.1. The van der Waals surface area contributed by atoms with E-state index in [9.17, 15) is 22.8 Å². The van der Waals surface area contributed by atoms with E-state index in [1.165, 1.54) is 0 Å². The van der Waals surface area contributed by atoms with Gasteiger partial charge in [0.2, 0.25) is 5.91 Å². The SMILES string of the molecule is C[C@]1(c2ccccc2)NC(=O)N(CC(=O)N(C2CC2)[C@@H]2CCS(=O)(=O)C2)C1=O. The van der Waals surface area contributed by atoms with Crippen molar-refractivity contribution < 1.29 is 22.8 Å². The van der Waals surface area contributed by atoms with Crippen LogP contribution < -0.4 is 5.32 Å². The van der Waals surface area contributed by atoms with Crippen molar-refractivity contribution >= 4 is 27.7 Å². The molecule has 150 valence electrons. The second-order valence-corrected chi connectivity index (χ2v) is 10.1. The van der Waals surface area contributed by atoms with E-state index in [0.717, 1.165) is 17.7 Å². The number of carbonyl (C=O) groups excluding carboxylic acids is 3. The maximum absolute atomic E-state index is 13.0. The second kappa shape index (κ2) is 6.58. The minimum atomic E-state index is -3.14. The summed E-state index contributed by atoms with van der Waals surface area (Å²) in [5.41, 5.74) is -0.580. The second-order valence-electron chi connectivity index (χ2n) is 7.90. The molecular formula is C19H23N3O5S. The first-order valence-electron chi connectivity index (χ1n) is 9.42. The molecule has 2 atom stereocenters. The summed E-state index contributed by atoms with van der Waals surface area (Å²) >= 11 is 0. The highest BCUT2D eigenvalue weighted by Crippen LogP contribution is 2.33. The Morgan fingerprint density at radius 3 is 2.43 bits per heavy atom. The van der Waals surface area contributed by atoms with Crippen LogP contribution in [0.1, 0.15) is 31.7 Å². The minimum absolute atomic E-state index is 0.00655. The van der Waals surface area contributed by atoms with Gasteiger partial charge in [0.25, 0.3) is 5.91 Å². The van der Waals surface area contributed by atoms with Gasteiger partial charge >= 0.3 is 6.03 Å². The fraction of sp³-hybridized carbons (Fsp3) is 0.526. The first-order valence-corrected chi connectivity index (χ1v) is 11.2. The Labute approximate surface area is 163 Å². The third-order valence-corrected chi connectivity index (χ3v) is 7.50. The van der Waals surface area contributed by atoms with E-state index in [2.05, 4.69) is 5.32 Å². The normalized spacial score (nSPS) is 29.0. The van der Waals surface area contributed by atoms with Crippen LogP contribution in [0.2, 0.25) is 0 Å². The monoisotopic (exact) mass is 405 g/mol. The summed E-state index contributed by atoms with van der Waals surface area (Å²) in [5, 5.41) is 2.69. The standard InChI is InChI=1S/C19H23N3O5S/c1-19(13-5-3-2-4-6-13)17(24)21(18(25)20-19)11-16(23)22(14-7-8-14)15-9-10-28(26,27)12-15/h2-6,14-15H,7-12H2,1H3,(H,20,25)/t15-,19-/m1/s1. The van der Waals surface area contributed by atoms with Gasteiger partial charge in [0.15, 0.2) is 9.84 Å². The Bertz CT molecular complexity index is 928. The number of nitrogens with zero attached hydrogens (tertiary/aromatic N) is 2. The number of carbonyl (C=O) groups is 3. The van der Waals surface area contributed by atoms with E-state index < -0.39 is 27.3 Å². The number of benzene rings is 1. The van der Waals surface area contributed by atoms with E-state index in [1.54, 1.807) is 36.1 Å². The van der Waals surface area contributed by atoms with Crippen LogP contribution in [0.5, 0.6) is 0 Å². The Kier molecular flexibility index (Phi) is 4.45. The lowest BCUT2D eigenvalue weighted by molar-refractivity contribution is -0.140. The van der Waals surface area contributed by atoms with Gasteiger partial charge in [-0.15, -0.1) is 0 Å². The van der Waals surface area contributed by atoms with Gasteiger partial charge in [-0.05, 0) is 31.7 Å². The number of urea groups is 1. The third kappa shape index (κ3) is 3.28. The van der Waals surface area contributed by atoms with E-state index >= 15 is 0 Å². The van der Waals surface area contributed by atoms with Crippen molar-refractivity contribution in [1.82, 2.24) is 15.1 Å². The Morgan fingerprint density at radius 2 is 1.86 bits per heavy atom. The number of hydrogen-bond donors (Lipinski definition) is 1. The Hall–Kier alpha value is -2.42. The van der Waals surface area contributed by atoms with Crippen LogP contribution in [0, 0.1) is 0 Å². The molecule has 28 heavy (non-hydrogen) atoms. The zero-order valence-corrected chi connectivity index (χ0v) is 16.4. The van der Waals surface area contributed by atoms with Crippen LogP contribution in [0.3, 0.4) is 0 Å². The van der Waals surface area contributed by atoms with Gasteiger partial charge in [0.05, 0.1) is 11.5 Å². The molecule has 0 bridgehead atoms. The highest BCUT2D eigenvalue weighted by molar-refractivity contribution is 7.91. The molecule has 2 heterocycles. The van der Waals surface area contributed by atoms with Crippen LogP contribution in [0.15, 0.2) is 30.3 Å². The molecule has 0 aromatic heterocycles. The van der Waals surface area contributed by atoms with Gasteiger partial charge in [0.1, 0.15) is 12.1 Å². The van der Waals surface area contributed by atoms with E-state index in [-0.39, 0.29) is 36.0 Å². The Morgan fingerprint density at radius 1 is 1.18 bits per heavy atom. The smallest absolute Gasteiger partial charge is 0.325 e. The highest BCUT2D eigenvalue weighted by Gasteiger charge is 2.51. The molecule has 1 aromatic carbocycles. The van der Waals surface area contributed by atoms with Crippen LogP contribution in [0.4, 0.5) is 4.79 Å². The third-order valence-electron chi connectivity index (χ3n) is 5.75. The number of amides is 4. The quantitative estimate of drug-likeness (QED) is 0.724. The molecule has 1 N–H and O–H groups in total. The van der Waals surface area contributed by atoms with E-state index in [0.29, 0.717) is 12.0 Å². The lowest BCUT2D eigenvalue weighted by Crippen LogP contribution is -2.49. The van der Waals surface area contributed by atoms with Gasteiger partial charge in [-0.2, -0.15) is 0 Å². The van der Waals surface area contributed by atoms with Crippen molar-refractivity contribution in [3.05, 3.63) is 35.9 Å². The maximum atomic E-state index is 13.0. The molecule has 1 aromatic rings. The van der Waals surface area contributed by atoms with Crippen LogP contribution >= 0.6 is 0 Å². The molecule has 8 nitrogen and oxygen atoms in total. The van der Waals surface area contributed by atoms with Crippen molar-refractivity contribution in [2.75, 3.05) is 18.1 Å². The van der Waals surface area contributed by atoms with E-state index in [4.69, 9.17) is 0 Å². The van der Waals surface area contributed by atoms with Gasteiger partial charge in [-0.25, -0.2) is 13.2 Å². The van der Waals surface area contributed by atoms with Crippen LogP contribution in [-0.2, 0) is 25.0 Å². The van der Waals surface area contributed by atoms with Gasteiger partial charge < -0.3 is 10.2 Å². The topological polar surface area (TPSA) is 104 Å². The molecule has 4 rings (SSSR count). The summed E-state index contributed by atoms with van der Waals surface area (Å²) < 4.78 is 23.7. The highest BCUT2D eigenvalue weighted by atomic mass is 32.2. The van der Waals surface area contributed by atoms with Gasteiger partial charge in [-0.1, -0.05) is 30.3 Å². The summed E-state index contributed by atoms with van der Waals surface area (Å²) in [5.74, 6) is -0.822. The molecule has 4 amide bonds. The molecule has 0 radical (unpaired) electrons. The molecule has 1 saturated carbocycles. The van der Waals surface area contributed by atoms with Crippen LogP contribution in [0.25, 0.3) is 0 Å². The molecule has 9 heteroatoms. The molecular weight excluding hydrogens is 382 g/mol. The van der Waals surface area contributed by atoms with Crippen molar-refractivity contribution in [3.8, 4) is 0 Å². The van der Waals surface area contributed by atoms with Crippen molar-refractivity contribution in [3.63, 3.8) is 0 Å². The predicted octanol–water partition coefficient (Wildman–Crippen LogP) is 0.632. The molecule has 2 saturated heterocycles. The summed E-state index contributed by atoms with van der Waals surface area (Å²) in [4.78, 5) is 41.0. The molecule has 2 aliphatic heterocycles. The largest absolute Gasteiger partial charge is 0.334 e. The minimum Gasteiger partial charge on any atom is -0.334 e. The number of imide groups is 1. The van der Waals surface area contributed by atoms with Crippen molar-refractivity contribution in [2.24, 2.45) is 0 Å². The summed E-state index contributed by atoms with van der Waals surface area (Å²) in [6.07, 6.45) is 2.06. The summed E-state index contributed by atoms with van der Waals surface area (Å²) in [7, 11) is -3.14. The number of nitrogens with one attached hydrogen (secondary N) is 1.